The summed E-state index contributed by atoms with van der Waals surface area (Å²) in [5.74, 6) is 0.999. The highest BCUT2D eigenvalue weighted by Crippen LogP contribution is 2.21. The second-order valence-electron chi connectivity index (χ2n) is 6.65. The van der Waals surface area contributed by atoms with Crippen molar-refractivity contribution in [3.63, 3.8) is 0 Å². The zero-order chi connectivity index (χ0) is 18.4. The van der Waals surface area contributed by atoms with Crippen LogP contribution in [0.5, 0.6) is 5.75 Å². The Balaban J connectivity index is 1.50. The fraction of sp³-hybridized carbons (Fsp3) is 0.500. The average Bonchev–Trinajstić information content (AvgIpc) is 2.72. The second kappa shape index (κ2) is 8.85. The van der Waals surface area contributed by atoms with Gasteiger partial charge in [0.05, 0.1) is 20.3 Å². The molecule has 0 saturated carbocycles. The maximum Gasteiger partial charge on any atom is 0.246 e. The Bertz CT molecular complexity index is 660. The largest absolute Gasteiger partial charge is 0.497 e. The molecule has 0 N–H and O–H groups in total. The van der Waals surface area contributed by atoms with Crippen LogP contribution in [0.1, 0.15) is 18.4 Å². The Labute approximate surface area is 154 Å². The first-order valence-electron chi connectivity index (χ1n) is 9.15. The molecule has 0 spiro atoms. The van der Waals surface area contributed by atoms with E-state index in [9.17, 15) is 9.59 Å². The first-order valence-corrected chi connectivity index (χ1v) is 9.15. The summed E-state index contributed by atoms with van der Waals surface area (Å²) in [5, 5.41) is 0. The van der Waals surface area contributed by atoms with E-state index in [4.69, 9.17) is 9.47 Å². The van der Waals surface area contributed by atoms with E-state index in [-0.39, 0.29) is 17.7 Å². The monoisotopic (exact) mass is 358 g/mol. The third kappa shape index (κ3) is 4.64. The van der Waals surface area contributed by atoms with Gasteiger partial charge in [-0.3, -0.25) is 9.59 Å². The molecule has 2 heterocycles. The molecule has 6 nitrogen and oxygen atoms in total. The third-order valence-corrected chi connectivity index (χ3v) is 4.99. The number of methoxy groups -OCH3 is 1. The minimum atomic E-state index is -0.00917. The molecule has 1 aromatic carbocycles. The summed E-state index contributed by atoms with van der Waals surface area (Å²) < 4.78 is 10.5. The van der Waals surface area contributed by atoms with Crippen LogP contribution in [0.15, 0.2) is 30.3 Å². The van der Waals surface area contributed by atoms with Crippen LogP contribution >= 0.6 is 0 Å². The minimum Gasteiger partial charge on any atom is -0.497 e. The van der Waals surface area contributed by atoms with E-state index in [1.54, 1.807) is 19.3 Å². The average molecular weight is 358 g/mol. The van der Waals surface area contributed by atoms with Crippen molar-refractivity contribution in [1.82, 2.24) is 9.80 Å². The van der Waals surface area contributed by atoms with Gasteiger partial charge in [0.15, 0.2) is 0 Å². The number of piperidine rings is 1. The molecule has 26 heavy (non-hydrogen) atoms. The summed E-state index contributed by atoms with van der Waals surface area (Å²) in [4.78, 5) is 28.7. The van der Waals surface area contributed by atoms with Gasteiger partial charge in [0.25, 0.3) is 0 Å². The van der Waals surface area contributed by atoms with Crippen molar-refractivity contribution < 1.29 is 19.1 Å². The molecule has 0 unspecified atom stereocenters. The highest BCUT2D eigenvalue weighted by Gasteiger charge is 2.30. The van der Waals surface area contributed by atoms with Crippen molar-refractivity contribution in [2.24, 2.45) is 5.92 Å². The zero-order valence-electron chi connectivity index (χ0n) is 15.2. The predicted octanol–water partition coefficient (Wildman–Crippen LogP) is 1.81. The van der Waals surface area contributed by atoms with E-state index in [1.807, 2.05) is 34.1 Å². The molecule has 0 aliphatic carbocycles. The molecule has 1 aromatic rings. The number of amides is 2. The minimum absolute atomic E-state index is 0.00917. The van der Waals surface area contributed by atoms with Crippen molar-refractivity contribution in [2.75, 3.05) is 46.5 Å². The molecular formula is C20H26N2O4. The van der Waals surface area contributed by atoms with E-state index < -0.39 is 0 Å². The standard InChI is InChI=1S/C20H26N2O4/c1-25-18-4-2-3-16(15-18)5-6-19(23)21-9-7-17(8-10-21)20(24)22-11-13-26-14-12-22/h2-6,15,17H,7-14H2,1H3/b6-5+. The predicted molar refractivity (Wildman–Crippen MR) is 98.7 cm³/mol. The quantitative estimate of drug-likeness (QED) is 0.770. The molecule has 0 atom stereocenters. The fourth-order valence-electron chi connectivity index (χ4n) is 3.41. The number of rotatable bonds is 4. The Kier molecular flexibility index (Phi) is 6.28. The SMILES string of the molecule is COc1cccc(/C=C/C(=O)N2CCC(C(=O)N3CCOCC3)CC2)c1. The molecule has 0 bridgehead atoms. The highest BCUT2D eigenvalue weighted by molar-refractivity contribution is 5.92. The summed E-state index contributed by atoms with van der Waals surface area (Å²) in [6.45, 7) is 3.86. The molecule has 2 saturated heterocycles. The van der Waals surface area contributed by atoms with Gasteiger partial charge >= 0.3 is 0 Å². The number of nitrogens with zero attached hydrogens (tertiary/aromatic N) is 2. The van der Waals surface area contributed by atoms with Gasteiger partial charge in [-0.1, -0.05) is 12.1 Å². The number of hydrogen-bond acceptors (Lipinski definition) is 4. The lowest BCUT2D eigenvalue weighted by atomic mass is 9.95. The first kappa shape index (κ1) is 18.5. The number of hydrogen-bond donors (Lipinski definition) is 0. The van der Waals surface area contributed by atoms with Crippen LogP contribution in [0, 0.1) is 5.92 Å². The molecular weight excluding hydrogens is 332 g/mol. The van der Waals surface area contributed by atoms with Gasteiger partial charge in [-0.25, -0.2) is 0 Å². The molecule has 2 fully saturated rings. The van der Waals surface area contributed by atoms with E-state index in [1.165, 1.54) is 0 Å². The summed E-state index contributed by atoms with van der Waals surface area (Å²) in [5.41, 5.74) is 0.926. The molecule has 3 rings (SSSR count). The number of carbonyl (C=O) groups is 2. The lowest BCUT2D eigenvalue weighted by molar-refractivity contribution is -0.142. The summed E-state index contributed by atoms with van der Waals surface area (Å²) in [7, 11) is 1.62. The molecule has 0 aromatic heterocycles. The summed E-state index contributed by atoms with van der Waals surface area (Å²) >= 11 is 0. The van der Waals surface area contributed by atoms with Crippen LogP contribution in [-0.4, -0.2) is 68.1 Å². The van der Waals surface area contributed by atoms with Gasteiger partial charge in [-0.05, 0) is 36.6 Å². The van der Waals surface area contributed by atoms with Gasteiger partial charge in [0, 0.05) is 38.2 Å². The molecule has 2 aliphatic heterocycles. The smallest absolute Gasteiger partial charge is 0.246 e. The summed E-state index contributed by atoms with van der Waals surface area (Å²) in [6, 6.07) is 7.58. The molecule has 2 aliphatic rings. The third-order valence-electron chi connectivity index (χ3n) is 4.99. The molecule has 6 heteroatoms. The van der Waals surface area contributed by atoms with Gasteiger partial charge < -0.3 is 19.3 Å². The Hall–Kier alpha value is -2.34. The van der Waals surface area contributed by atoms with Crippen LogP contribution in [0.4, 0.5) is 0 Å². The Morgan fingerprint density at radius 1 is 1.12 bits per heavy atom. The lowest BCUT2D eigenvalue weighted by Gasteiger charge is -2.35. The Morgan fingerprint density at radius 3 is 2.54 bits per heavy atom. The van der Waals surface area contributed by atoms with Crippen LogP contribution < -0.4 is 4.74 Å². The van der Waals surface area contributed by atoms with Crippen molar-refractivity contribution in [1.29, 1.82) is 0 Å². The van der Waals surface area contributed by atoms with Gasteiger partial charge in [-0.15, -0.1) is 0 Å². The van der Waals surface area contributed by atoms with Crippen molar-refractivity contribution in [3.05, 3.63) is 35.9 Å². The van der Waals surface area contributed by atoms with E-state index in [2.05, 4.69) is 0 Å². The summed E-state index contributed by atoms with van der Waals surface area (Å²) in [6.07, 6.45) is 4.86. The number of benzene rings is 1. The number of morpholine rings is 1. The second-order valence-corrected chi connectivity index (χ2v) is 6.65. The lowest BCUT2D eigenvalue weighted by Crippen LogP contribution is -2.47. The normalized spacial score (nSPS) is 19.0. The van der Waals surface area contributed by atoms with E-state index in [0.29, 0.717) is 39.4 Å². The highest BCUT2D eigenvalue weighted by atomic mass is 16.5. The van der Waals surface area contributed by atoms with Crippen LogP contribution in [0.25, 0.3) is 6.08 Å². The van der Waals surface area contributed by atoms with Crippen molar-refractivity contribution >= 4 is 17.9 Å². The first-order chi connectivity index (χ1) is 12.7. The van der Waals surface area contributed by atoms with Gasteiger partial charge in [-0.2, -0.15) is 0 Å². The number of ether oxygens (including phenoxy) is 2. The number of carbonyl (C=O) groups excluding carboxylic acids is 2. The van der Waals surface area contributed by atoms with Crippen molar-refractivity contribution in [2.45, 2.75) is 12.8 Å². The van der Waals surface area contributed by atoms with E-state index in [0.717, 1.165) is 24.2 Å². The fourth-order valence-corrected chi connectivity index (χ4v) is 3.41. The Morgan fingerprint density at radius 2 is 1.85 bits per heavy atom. The van der Waals surface area contributed by atoms with E-state index >= 15 is 0 Å². The van der Waals surface area contributed by atoms with Crippen molar-refractivity contribution in [3.8, 4) is 5.75 Å². The molecule has 2 amide bonds. The molecule has 140 valence electrons. The maximum absolute atomic E-state index is 12.5. The number of likely N-dealkylation sites (tertiary alicyclic amines) is 1. The van der Waals surface area contributed by atoms with Crippen LogP contribution in [-0.2, 0) is 14.3 Å². The van der Waals surface area contributed by atoms with Crippen LogP contribution in [0.3, 0.4) is 0 Å². The zero-order valence-corrected chi connectivity index (χ0v) is 15.2. The molecule has 0 radical (unpaired) electrons. The maximum atomic E-state index is 12.5. The van der Waals surface area contributed by atoms with Gasteiger partial charge in [0.2, 0.25) is 11.8 Å². The van der Waals surface area contributed by atoms with Gasteiger partial charge in [0.1, 0.15) is 5.75 Å². The topological polar surface area (TPSA) is 59.1 Å². The van der Waals surface area contributed by atoms with Crippen LogP contribution in [0.2, 0.25) is 0 Å².